The van der Waals surface area contributed by atoms with E-state index >= 15 is 0 Å². The van der Waals surface area contributed by atoms with Crippen molar-refractivity contribution >= 4 is 15.9 Å². The number of alkyl halides is 1. The lowest BCUT2D eigenvalue weighted by atomic mass is 10.2. The fourth-order valence-corrected chi connectivity index (χ4v) is 1.90. The van der Waals surface area contributed by atoms with Gasteiger partial charge in [0.05, 0.1) is 0 Å². The molecule has 0 aromatic carbocycles. The number of hydrogen-bond acceptors (Lipinski definition) is 0. The van der Waals surface area contributed by atoms with Gasteiger partial charge in [-0.2, -0.15) is 0 Å². The summed E-state index contributed by atoms with van der Waals surface area (Å²) in [5.74, 6) is 0. The van der Waals surface area contributed by atoms with Gasteiger partial charge in [0.25, 0.3) is 0 Å². The van der Waals surface area contributed by atoms with Crippen molar-refractivity contribution in [3.8, 4) is 0 Å². The first kappa shape index (κ1) is 6.34. The minimum atomic E-state index is 1.10. The number of allylic oxidation sites excluding steroid dienone is 2. The van der Waals surface area contributed by atoms with E-state index in [1.165, 1.54) is 19.3 Å². The average molecular weight is 175 g/mol. The van der Waals surface area contributed by atoms with E-state index in [9.17, 15) is 0 Å². The first-order valence-corrected chi connectivity index (χ1v) is 4.20. The molecule has 0 fully saturated rings. The molecule has 0 saturated heterocycles. The van der Waals surface area contributed by atoms with E-state index < -0.39 is 0 Å². The largest absolute Gasteiger partial charge is 0.0880 e. The molecule has 0 amide bonds. The van der Waals surface area contributed by atoms with Gasteiger partial charge in [0.15, 0.2) is 0 Å². The Labute approximate surface area is 59.1 Å². The van der Waals surface area contributed by atoms with Crippen molar-refractivity contribution in [2.24, 2.45) is 0 Å². The summed E-state index contributed by atoms with van der Waals surface area (Å²) in [6.07, 6.45) is 4.05. The van der Waals surface area contributed by atoms with E-state index in [0.29, 0.717) is 0 Å². The van der Waals surface area contributed by atoms with Crippen molar-refractivity contribution in [1.82, 2.24) is 0 Å². The van der Waals surface area contributed by atoms with Crippen molar-refractivity contribution in [2.45, 2.75) is 26.2 Å². The van der Waals surface area contributed by atoms with Crippen LogP contribution in [0.15, 0.2) is 11.1 Å². The van der Waals surface area contributed by atoms with Crippen LogP contribution in [-0.4, -0.2) is 5.33 Å². The Morgan fingerprint density at radius 3 is 2.50 bits per heavy atom. The van der Waals surface area contributed by atoms with Crippen LogP contribution in [0.25, 0.3) is 0 Å². The van der Waals surface area contributed by atoms with E-state index in [-0.39, 0.29) is 0 Å². The Hall–Kier alpha value is 0.220. The summed E-state index contributed by atoms with van der Waals surface area (Å²) in [4.78, 5) is 0. The Morgan fingerprint density at radius 1 is 1.50 bits per heavy atom. The summed E-state index contributed by atoms with van der Waals surface area (Å²) in [6, 6.07) is 0. The van der Waals surface area contributed by atoms with Gasteiger partial charge in [-0.25, -0.2) is 0 Å². The van der Waals surface area contributed by atoms with Crippen LogP contribution in [0.2, 0.25) is 0 Å². The highest BCUT2D eigenvalue weighted by atomic mass is 79.9. The second-order valence-electron chi connectivity index (χ2n) is 2.37. The third kappa shape index (κ3) is 1.13. The van der Waals surface area contributed by atoms with E-state index in [2.05, 4.69) is 22.9 Å². The molecule has 0 aromatic rings. The molecule has 1 aliphatic carbocycles. The van der Waals surface area contributed by atoms with Crippen molar-refractivity contribution in [3.63, 3.8) is 0 Å². The van der Waals surface area contributed by atoms with Crippen LogP contribution in [-0.2, 0) is 0 Å². The standard InChI is InChI=1S/C7H11Br/c1-6-3-2-4-7(6)5-8/h2-5H2,1H3. The second-order valence-corrected chi connectivity index (χ2v) is 2.93. The van der Waals surface area contributed by atoms with Gasteiger partial charge < -0.3 is 0 Å². The van der Waals surface area contributed by atoms with E-state index in [1.807, 2.05) is 0 Å². The minimum Gasteiger partial charge on any atom is -0.0880 e. The molecule has 0 aliphatic heterocycles. The molecule has 0 aromatic heterocycles. The maximum absolute atomic E-state index is 3.46. The molecule has 0 radical (unpaired) electrons. The van der Waals surface area contributed by atoms with Gasteiger partial charge in [-0.15, -0.1) is 0 Å². The molecule has 0 nitrogen and oxygen atoms in total. The summed E-state index contributed by atoms with van der Waals surface area (Å²) < 4.78 is 0. The SMILES string of the molecule is CC1=C(CBr)CCC1. The average Bonchev–Trinajstić information content (AvgIpc) is 2.14. The number of halogens is 1. The number of rotatable bonds is 1. The zero-order chi connectivity index (χ0) is 5.98. The predicted octanol–water partition coefficient (Wildman–Crippen LogP) is 2.88. The number of hydrogen-bond donors (Lipinski definition) is 0. The molecule has 0 N–H and O–H groups in total. The molecule has 0 heterocycles. The minimum absolute atomic E-state index is 1.10. The smallest absolute Gasteiger partial charge is 0.0244 e. The highest BCUT2D eigenvalue weighted by Crippen LogP contribution is 2.26. The van der Waals surface area contributed by atoms with E-state index in [1.54, 1.807) is 11.1 Å². The molecule has 1 heteroatoms. The van der Waals surface area contributed by atoms with Gasteiger partial charge in [0.1, 0.15) is 0 Å². The zero-order valence-corrected chi connectivity index (χ0v) is 6.79. The monoisotopic (exact) mass is 174 g/mol. The predicted molar refractivity (Wildman–Crippen MR) is 40.3 cm³/mol. The lowest BCUT2D eigenvalue weighted by Crippen LogP contribution is -1.78. The van der Waals surface area contributed by atoms with Crippen LogP contribution >= 0.6 is 15.9 Å². The molecule has 0 saturated carbocycles. The van der Waals surface area contributed by atoms with Crippen molar-refractivity contribution in [3.05, 3.63) is 11.1 Å². The van der Waals surface area contributed by atoms with Crippen LogP contribution in [0.3, 0.4) is 0 Å². The highest BCUT2D eigenvalue weighted by molar-refractivity contribution is 9.09. The molecule has 8 heavy (non-hydrogen) atoms. The van der Waals surface area contributed by atoms with Gasteiger partial charge in [-0.3, -0.25) is 0 Å². The van der Waals surface area contributed by atoms with Crippen LogP contribution in [0.5, 0.6) is 0 Å². The Balaban J connectivity index is 2.58. The summed E-state index contributed by atoms with van der Waals surface area (Å²) in [6.45, 7) is 2.24. The van der Waals surface area contributed by atoms with E-state index in [4.69, 9.17) is 0 Å². The molecule has 0 bridgehead atoms. The van der Waals surface area contributed by atoms with Crippen molar-refractivity contribution in [2.75, 3.05) is 5.33 Å². The topological polar surface area (TPSA) is 0 Å². The molecular formula is C7H11Br. The van der Waals surface area contributed by atoms with Gasteiger partial charge in [0.2, 0.25) is 0 Å². The molecule has 0 spiro atoms. The quantitative estimate of drug-likeness (QED) is 0.424. The van der Waals surface area contributed by atoms with Gasteiger partial charge in [-0.05, 0) is 26.2 Å². The fourth-order valence-electron chi connectivity index (χ4n) is 1.14. The van der Waals surface area contributed by atoms with Gasteiger partial charge >= 0.3 is 0 Å². The lowest BCUT2D eigenvalue weighted by Gasteiger charge is -1.93. The second kappa shape index (κ2) is 2.67. The van der Waals surface area contributed by atoms with Crippen LogP contribution < -0.4 is 0 Å². The zero-order valence-electron chi connectivity index (χ0n) is 5.21. The molecular weight excluding hydrogens is 164 g/mol. The summed E-state index contributed by atoms with van der Waals surface area (Å²) in [5, 5.41) is 1.10. The highest BCUT2D eigenvalue weighted by Gasteiger charge is 2.07. The fraction of sp³-hybridized carbons (Fsp3) is 0.714. The summed E-state index contributed by atoms with van der Waals surface area (Å²) >= 11 is 3.46. The van der Waals surface area contributed by atoms with Gasteiger partial charge in [0, 0.05) is 5.33 Å². The van der Waals surface area contributed by atoms with Crippen molar-refractivity contribution < 1.29 is 0 Å². The third-order valence-electron chi connectivity index (χ3n) is 1.80. The van der Waals surface area contributed by atoms with Crippen LogP contribution in [0, 0.1) is 0 Å². The molecule has 1 aliphatic rings. The Morgan fingerprint density at radius 2 is 2.25 bits per heavy atom. The molecule has 46 valence electrons. The molecule has 0 unspecified atom stereocenters. The third-order valence-corrected chi connectivity index (χ3v) is 2.47. The van der Waals surface area contributed by atoms with Gasteiger partial charge in [-0.1, -0.05) is 27.1 Å². The van der Waals surface area contributed by atoms with Crippen molar-refractivity contribution in [1.29, 1.82) is 0 Å². The van der Waals surface area contributed by atoms with Crippen LogP contribution in [0.4, 0.5) is 0 Å². The Bertz CT molecular complexity index is 114. The lowest BCUT2D eigenvalue weighted by molar-refractivity contribution is 0.894. The maximum atomic E-state index is 3.46. The Kier molecular flexibility index (Phi) is 2.12. The summed E-state index contributed by atoms with van der Waals surface area (Å²) in [7, 11) is 0. The molecule has 0 atom stereocenters. The van der Waals surface area contributed by atoms with E-state index in [0.717, 1.165) is 5.33 Å². The van der Waals surface area contributed by atoms with Crippen LogP contribution in [0.1, 0.15) is 26.2 Å². The maximum Gasteiger partial charge on any atom is 0.0244 e. The first-order valence-electron chi connectivity index (χ1n) is 3.08. The first-order chi connectivity index (χ1) is 3.84. The summed E-state index contributed by atoms with van der Waals surface area (Å²) in [5.41, 5.74) is 3.24. The molecule has 1 rings (SSSR count). The normalized spacial score (nSPS) is 20.2.